The fourth-order valence-electron chi connectivity index (χ4n) is 4.80. The lowest BCUT2D eigenvalue weighted by molar-refractivity contribution is 0.102. The van der Waals surface area contributed by atoms with Crippen molar-refractivity contribution in [3.05, 3.63) is 102 Å². The van der Waals surface area contributed by atoms with Gasteiger partial charge in [0.1, 0.15) is 5.75 Å². The third kappa shape index (κ3) is 3.70. The molecular formula is C27H26N2O2. The van der Waals surface area contributed by atoms with Gasteiger partial charge in [-0.25, -0.2) is 0 Å². The Labute approximate surface area is 183 Å². The molecule has 0 spiro atoms. The van der Waals surface area contributed by atoms with Crippen molar-refractivity contribution in [2.45, 2.75) is 25.3 Å². The smallest absolute Gasteiger partial charge is 0.257 e. The van der Waals surface area contributed by atoms with E-state index in [-0.39, 0.29) is 11.9 Å². The van der Waals surface area contributed by atoms with Crippen LogP contribution in [0.5, 0.6) is 5.75 Å². The largest absolute Gasteiger partial charge is 0.494 e. The Morgan fingerprint density at radius 1 is 1.03 bits per heavy atom. The van der Waals surface area contributed by atoms with Crippen molar-refractivity contribution in [2.75, 3.05) is 17.2 Å². The van der Waals surface area contributed by atoms with Crippen LogP contribution in [0.15, 0.2) is 84.9 Å². The molecule has 0 fully saturated rings. The molecule has 0 saturated heterocycles. The summed E-state index contributed by atoms with van der Waals surface area (Å²) >= 11 is 0. The monoisotopic (exact) mass is 410 g/mol. The van der Waals surface area contributed by atoms with Gasteiger partial charge in [-0.1, -0.05) is 54.6 Å². The molecule has 1 amide bonds. The predicted molar refractivity (Wildman–Crippen MR) is 125 cm³/mol. The highest BCUT2D eigenvalue weighted by Gasteiger charge is 2.39. The lowest BCUT2D eigenvalue weighted by atomic mass is 9.76. The second-order valence-electron chi connectivity index (χ2n) is 8.07. The van der Waals surface area contributed by atoms with Gasteiger partial charge in [0, 0.05) is 11.6 Å². The molecule has 3 atom stereocenters. The van der Waals surface area contributed by atoms with E-state index < -0.39 is 0 Å². The first-order valence-electron chi connectivity index (χ1n) is 10.9. The van der Waals surface area contributed by atoms with Crippen molar-refractivity contribution < 1.29 is 9.53 Å². The summed E-state index contributed by atoms with van der Waals surface area (Å²) in [6.07, 6.45) is 5.61. The van der Waals surface area contributed by atoms with Gasteiger partial charge in [-0.15, -0.1) is 0 Å². The Morgan fingerprint density at radius 2 is 1.84 bits per heavy atom. The molecule has 3 unspecified atom stereocenters. The number of hydrogen-bond acceptors (Lipinski definition) is 3. The van der Waals surface area contributed by atoms with Crippen molar-refractivity contribution in [3.63, 3.8) is 0 Å². The average molecular weight is 411 g/mol. The molecule has 4 nitrogen and oxygen atoms in total. The van der Waals surface area contributed by atoms with Crippen LogP contribution >= 0.6 is 0 Å². The van der Waals surface area contributed by atoms with Gasteiger partial charge in [-0.3, -0.25) is 4.79 Å². The average Bonchev–Trinajstić information content (AvgIpc) is 3.30. The van der Waals surface area contributed by atoms with Crippen LogP contribution in [0.4, 0.5) is 11.4 Å². The van der Waals surface area contributed by atoms with Crippen molar-refractivity contribution in [3.8, 4) is 5.75 Å². The van der Waals surface area contributed by atoms with E-state index in [0.29, 0.717) is 24.0 Å². The minimum Gasteiger partial charge on any atom is -0.494 e. The van der Waals surface area contributed by atoms with Crippen LogP contribution in [0, 0.1) is 5.92 Å². The first-order chi connectivity index (χ1) is 15.2. The standard InChI is InChI=1S/C27H26N2O2/c1-2-31-20-16-14-19(15-17-20)28-27(30)24-13-7-12-23-21-10-6-11-22(21)25(29-26(23)24)18-8-4-3-5-9-18/h3-10,12-17,21-22,25,29H,2,11H2,1H3,(H,28,30). The molecule has 1 heterocycles. The highest BCUT2D eigenvalue weighted by atomic mass is 16.5. The van der Waals surface area contributed by atoms with Crippen LogP contribution in [0.2, 0.25) is 0 Å². The third-order valence-corrected chi connectivity index (χ3v) is 6.22. The summed E-state index contributed by atoms with van der Waals surface area (Å²) in [7, 11) is 0. The number of carbonyl (C=O) groups is 1. The van der Waals surface area contributed by atoms with Crippen molar-refractivity contribution in [2.24, 2.45) is 5.92 Å². The summed E-state index contributed by atoms with van der Waals surface area (Å²) in [6, 6.07) is 24.2. The summed E-state index contributed by atoms with van der Waals surface area (Å²) in [5.41, 5.74) is 4.82. The fraction of sp³-hybridized carbons (Fsp3) is 0.222. The topological polar surface area (TPSA) is 50.4 Å². The van der Waals surface area contributed by atoms with E-state index in [1.54, 1.807) is 0 Å². The molecule has 3 aromatic carbocycles. The number of nitrogens with one attached hydrogen (secondary N) is 2. The van der Waals surface area contributed by atoms with Gasteiger partial charge >= 0.3 is 0 Å². The number of benzene rings is 3. The molecule has 2 N–H and O–H groups in total. The third-order valence-electron chi connectivity index (χ3n) is 6.22. The minimum atomic E-state index is -0.110. The minimum absolute atomic E-state index is 0.110. The number of anilines is 2. The Hall–Kier alpha value is -3.53. The molecule has 2 aliphatic rings. The highest BCUT2D eigenvalue weighted by Crippen LogP contribution is 2.50. The van der Waals surface area contributed by atoms with Gasteiger partial charge in [0.2, 0.25) is 0 Å². The lowest BCUT2D eigenvalue weighted by Crippen LogP contribution is -2.30. The molecule has 0 saturated carbocycles. The van der Waals surface area contributed by atoms with Crippen molar-refractivity contribution >= 4 is 17.3 Å². The first kappa shape index (κ1) is 19.4. The summed E-state index contributed by atoms with van der Waals surface area (Å²) < 4.78 is 5.49. The summed E-state index contributed by atoms with van der Waals surface area (Å²) in [6.45, 7) is 2.57. The normalized spacial score (nSPS) is 21.0. The van der Waals surface area contributed by atoms with E-state index >= 15 is 0 Å². The van der Waals surface area contributed by atoms with Gasteiger partial charge in [0.25, 0.3) is 5.91 Å². The predicted octanol–water partition coefficient (Wildman–Crippen LogP) is 6.16. The molecule has 31 heavy (non-hydrogen) atoms. The zero-order valence-corrected chi connectivity index (χ0v) is 17.5. The van der Waals surface area contributed by atoms with Crippen LogP contribution in [0.25, 0.3) is 0 Å². The van der Waals surface area contributed by atoms with Crippen LogP contribution < -0.4 is 15.4 Å². The number of fused-ring (bicyclic) bond motifs is 3. The van der Waals surface area contributed by atoms with E-state index in [4.69, 9.17) is 4.74 Å². The molecule has 0 radical (unpaired) electrons. The fourth-order valence-corrected chi connectivity index (χ4v) is 4.80. The van der Waals surface area contributed by atoms with Crippen LogP contribution in [0.1, 0.15) is 46.8 Å². The zero-order chi connectivity index (χ0) is 21.2. The van der Waals surface area contributed by atoms with Gasteiger partial charge in [0.15, 0.2) is 0 Å². The molecule has 5 rings (SSSR count). The SMILES string of the molecule is CCOc1ccc(NC(=O)c2cccc3c2NC(c2ccccc2)C2CC=CC32)cc1. The molecule has 4 heteroatoms. The maximum Gasteiger partial charge on any atom is 0.257 e. The molecule has 1 aliphatic heterocycles. The van der Waals surface area contributed by atoms with E-state index in [9.17, 15) is 4.79 Å². The Morgan fingerprint density at radius 3 is 2.61 bits per heavy atom. The zero-order valence-electron chi connectivity index (χ0n) is 17.5. The number of ether oxygens (including phenoxy) is 1. The lowest BCUT2D eigenvalue weighted by Gasteiger charge is -2.38. The highest BCUT2D eigenvalue weighted by molar-refractivity contribution is 6.08. The molecular weight excluding hydrogens is 384 g/mol. The van der Waals surface area contributed by atoms with E-state index in [1.807, 2.05) is 49.4 Å². The number of amides is 1. The van der Waals surface area contributed by atoms with E-state index in [1.165, 1.54) is 11.1 Å². The number of carbonyl (C=O) groups excluding carboxylic acids is 1. The molecule has 3 aromatic rings. The first-order valence-corrected chi connectivity index (χ1v) is 10.9. The molecule has 156 valence electrons. The number of para-hydroxylation sites is 1. The number of rotatable bonds is 5. The Kier molecular flexibility index (Phi) is 5.21. The second kappa shape index (κ2) is 8.31. The summed E-state index contributed by atoms with van der Waals surface area (Å²) in [4.78, 5) is 13.2. The maximum atomic E-state index is 13.2. The van der Waals surface area contributed by atoms with Gasteiger partial charge in [0.05, 0.1) is 23.9 Å². The van der Waals surface area contributed by atoms with Crippen molar-refractivity contribution in [1.29, 1.82) is 0 Å². The summed E-state index contributed by atoms with van der Waals surface area (Å²) in [5.74, 6) is 1.46. The van der Waals surface area contributed by atoms with Crippen molar-refractivity contribution in [1.82, 2.24) is 0 Å². The summed E-state index contributed by atoms with van der Waals surface area (Å²) in [5, 5.41) is 6.76. The number of hydrogen-bond donors (Lipinski definition) is 2. The Balaban J connectivity index is 1.46. The maximum absolute atomic E-state index is 13.2. The van der Waals surface area contributed by atoms with E-state index in [0.717, 1.165) is 23.5 Å². The van der Waals surface area contributed by atoms with Gasteiger partial charge < -0.3 is 15.4 Å². The van der Waals surface area contributed by atoms with E-state index in [2.05, 4.69) is 53.1 Å². The van der Waals surface area contributed by atoms with Crippen LogP contribution in [0.3, 0.4) is 0 Å². The quantitative estimate of drug-likeness (QED) is 0.495. The molecule has 0 aromatic heterocycles. The van der Waals surface area contributed by atoms with Gasteiger partial charge in [-0.2, -0.15) is 0 Å². The van der Waals surface area contributed by atoms with Crippen LogP contribution in [-0.2, 0) is 0 Å². The Bertz CT molecular complexity index is 1110. The number of allylic oxidation sites excluding steroid dienone is 2. The molecule has 1 aliphatic carbocycles. The second-order valence-corrected chi connectivity index (χ2v) is 8.07. The molecule has 0 bridgehead atoms. The van der Waals surface area contributed by atoms with Crippen LogP contribution in [-0.4, -0.2) is 12.5 Å². The van der Waals surface area contributed by atoms with Gasteiger partial charge in [-0.05, 0) is 60.7 Å².